The fourth-order valence-corrected chi connectivity index (χ4v) is 1.95. The number of nitrogens with one attached hydrogen (secondary N) is 1. The molecule has 0 heterocycles. The maximum absolute atomic E-state index is 13.1. The van der Waals surface area contributed by atoms with Crippen LogP contribution in [-0.2, 0) is 9.59 Å². The van der Waals surface area contributed by atoms with Gasteiger partial charge in [0.15, 0.2) is 0 Å². The summed E-state index contributed by atoms with van der Waals surface area (Å²) in [5.74, 6) is -2.11. The van der Waals surface area contributed by atoms with Crippen LogP contribution in [0.3, 0.4) is 0 Å². The molecule has 0 bridgehead atoms. The van der Waals surface area contributed by atoms with Crippen molar-refractivity contribution in [3.05, 3.63) is 35.6 Å². The number of amides is 1. The average Bonchev–Trinajstić information content (AvgIpc) is 2.35. The number of aliphatic carboxylic acids is 1. The Kier molecular flexibility index (Phi) is 5.67. The first-order chi connectivity index (χ1) is 9.31. The number of carboxylic acids is 1. The predicted octanol–water partition coefficient (Wildman–Crippen LogP) is 2.54. The third kappa shape index (κ3) is 4.64. The van der Waals surface area contributed by atoms with Crippen molar-refractivity contribution in [1.82, 2.24) is 5.32 Å². The molecule has 1 aromatic rings. The first-order valence-corrected chi connectivity index (χ1v) is 6.59. The second-order valence-electron chi connectivity index (χ2n) is 5.29. The molecule has 0 saturated carbocycles. The number of benzene rings is 1. The first kappa shape index (κ1) is 16.1. The Hall–Kier alpha value is -1.91. The topological polar surface area (TPSA) is 66.4 Å². The van der Waals surface area contributed by atoms with Gasteiger partial charge in [0.2, 0.25) is 5.91 Å². The van der Waals surface area contributed by atoms with Gasteiger partial charge in [-0.25, -0.2) is 9.18 Å². The van der Waals surface area contributed by atoms with E-state index in [2.05, 4.69) is 5.32 Å². The van der Waals surface area contributed by atoms with Gasteiger partial charge in [-0.3, -0.25) is 4.79 Å². The van der Waals surface area contributed by atoms with Gasteiger partial charge in [0.05, 0.1) is 0 Å². The van der Waals surface area contributed by atoms with Crippen LogP contribution >= 0.6 is 0 Å². The van der Waals surface area contributed by atoms with E-state index >= 15 is 0 Å². The Bertz CT molecular complexity index is 488. The second kappa shape index (κ2) is 7.03. The van der Waals surface area contributed by atoms with Crippen molar-refractivity contribution in [2.45, 2.75) is 39.2 Å². The van der Waals surface area contributed by atoms with Crippen LogP contribution in [0.25, 0.3) is 0 Å². The molecule has 0 aliphatic rings. The molecule has 1 rings (SSSR count). The van der Waals surface area contributed by atoms with Crippen LogP contribution in [0, 0.1) is 11.7 Å². The Balaban J connectivity index is 2.64. The molecule has 1 aromatic carbocycles. The molecule has 0 spiro atoms. The molecule has 110 valence electrons. The Labute approximate surface area is 118 Å². The van der Waals surface area contributed by atoms with Crippen molar-refractivity contribution in [1.29, 1.82) is 0 Å². The third-order valence-corrected chi connectivity index (χ3v) is 3.16. The van der Waals surface area contributed by atoms with E-state index in [4.69, 9.17) is 5.11 Å². The zero-order valence-electron chi connectivity index (χ0n) is 11.9. The van der Waals surface area contributed by atoms with Crippen molar-refractivity contribution in [2.24, 2.45) is 5.92 Å². The highest BCUT2D eigenvalue weighted by Gasteiger charge is 2.24. The maximum Gasteiger partial charge on any atom is 0.326 e. The predicted molar refractivity (Wildman–Crippen MR) is 73.8 cm³/mol. The third-order valence-electron chi connectivity index (χ3n) is 3.16. The van der Waals surface area contributed by atoms with Gasteiger partial charge in [0.25, 0.3) is 0 Å². The Morgan fingerprint density at radius 2 is 1.95 bits per heavy atom. The van der Waals surface area contributed by atoms with E-state index in [1.807, 2.05) is 0 Å². The highest BCUT2D eigenvalue weighted by atomic mass is 19.1. The van der Waals surface area contributed by atoms with Gasteiger partial charge in [-0.1, -0.05) is 32.9 Å². The zero-order valence-corrected chi connectivity index (χ0v) is 11.9. The van der Waals surface area contributed by atoms with E-state index in [9.17, 15) is 14.0 Å². The molecular formula is C15H20FNO3. The lowest BCUT2D eigenvalue weighted by molar-refractivity contribution is -0.143. The van der Waals surface area contributed by atoms with E-state index in [-0.39, 0.29) is 30.0 Å². The summed E-state index contributed by atoms with van der Waals surface area (Å²) in [6, 6.07) is 5.16. The molecule has 0 aliphatic carbocycles. The number of carbonyl (C=O) groups is 2. The van der Waals surface area contributed by atoms with Crippen molar-refractivity contribution in [3.63, 3.8) is 0 Å². The second-order valence-corrected chi connectivity index (χ2v) is 5.29. The van der Waals surface area contributed by atoms with E-state index < -0.39 is 12.0 Å². The van der Waals surface area contributed by atoms with Gasteiger partial charge in [-0.15, -0.1) is 0 Å². The van der Waals surface area contributed by atoms with Gasteiger partial charge < -0.3 is 10.4 Å². The largest absolute Gasteiger partial charge is 0.480 e. The van der Waals surface area contributed by atoms with Crippen LogP contribution in [0.2, 0.25) is 0 Å². The van der Waals surface area contributed by atoms with Gasteiger partial charge in [-0.05, 0) is 29.5 Å². The Morgan fingerprint density at radius 1 is 1.30 bits per heavy atom. The Morgan fingerprint density at radius 3 is 2.45 bits per heavy atom. The number of rotatable bonds is 6. The van der Waals surface area contributed by atoms with E-state index in [1.165, 1.54) is 12.1 Å². The summed E-state index contributed by atoms with van der Waals surface area (Å²) in [6.07, 6.45) is 0.125. The minimum Gasteiger partial charge on any atom is -0.480 e. The van der Waals surface area contributed by atoms with Crippen LogP contribution in [0.4, 0.5) is 4.39 Å². The summed E-state index contributed by atoms with van der Waals surface area (Å²) in [7, 11) is 0. The van der Waals surface area contributed by atoms with Crippen LogP contribution in [0.1, 0.15) is 38.7 Å². The summed E-state index contributed by atoms with van der Waals surface area (Å²) < 4.78 is 13.1. The molecule has 0 radical (unpaired) electrons. The van der Waals surface area contributed by atoms with E-state index in [1.54, 1.807) is 32.9 Å². The van der Waals surface area contributed by atoms with Crippen molar-refractivity contribution in [3.8, 4) is 0 Å². The van der Waals surface area contributed by atoms with Crippen LogP contribution in [-0.4, -0.2) is 23.0 Å². The SMILES string of the molecule is CC(CC(=O)N[C@H](C(=O)O)C(C)C)c1cccc(F)c1. The quantitative estimate of drug-likeness (QED) is 0.842. The molecule has 1 amide bonds. The summed E-state index contributed by atoms with van der Waals surface area (Å²) in [5.41, 5.74) is 0.719. The minimum absolute atomic E-state index is 0.125. The van der Waals surface area contributed by atoms with Gasteiger partial charge in [0.1, 0.15) is 11.9 Å². The minimum atomic E-state index is -1.05. The lowest BCUT2D eigenvalue weighted by Crippen LogP contribution is -2.44. The molecule has 0 saturated heterocycles. The highest BCUT2D eigenvalue weighted by molar-refractivity contribution is 5.84. The van der Waals surface area contributed by atoms with E-state index in [0.29, 0.717) is 0 Å². The molecule has 4 nitrogen and oxygen atoms in total. The molecule has 2 N–H and O–H groups in total. The van der Waals surface area contributed by atoms with Crippen LogP contribution in [0.15, 0.2) is 24.3 Å². The molecule has 0 fully saturated rings. The van der Waals surface area contributed by atoms with Crippen molar-refractivity contribution in [2.75, 3.05) is 0 Å². The van der Waals surface area contributed by atoms with Crippen LogP contribution in [0.5, 0.6) is 0 Å². The van der Waals surface area contributed by atoms with Crippen molar-refractivity contribution < 1.29 is 19.1 Å². The van der Waals surface area contributed by atoms with E-state index in [0.717, 1.165) is 5.56 Å². The number of hydrogen-bond donors (Lipinski definition) is 2. The van der Waals surface area contributed by atoms with Crippen LogP contribution < -0.4 is 5.32 Å². The molecular weight excluding hydrogens is 261 g/mol. The maximum atomic E-state index is 13.1. The molecule has 20 heavy (non-hydrogen) atoms. The summed E-state index contributed by atoms with van der Waals surface area (Å²) >= 11 is 0. The fraction of sp³-hybridized carbons (Fsp3) is 0.467. The normalized spacial score (nSPS) is 13.8. The van der Waals surface area contributed by atoms with Crippen molar-refractivity contribution >= 4 is 11.9 Å². The lowest BCUT2D eigenvalue weighted by Gasteiger charge is -2.19. The summed E-state index contributed by atoms with van der Waals surface area (Å²) in [6.45, 7) is 5.27. The standard InChI is InChI=1S/C15H20FNO3/c1-9(2)14(15(19)20)17-13(18)7-10(3)11-5-4-6-12(16)8-11/h4-6,8-10,14H,7H2,1-3H3,(H,17,18)(H,19,20)/t10?,14-/m0/s1. The van der Waals surface area contributed by atoms with Gasteiger partial charge in [-0.2, -0.15) is 0 Å². The molecule has 1 unspecified atom stereocenters. The highest BCUT2D eigenvalue weighted by Crippen LogP contribution is 2.19. The summed E-state index contributed by atoms with van der Waals surface area (Å²) in [5, 5.41) is 11.5. The smallest absolute Gasteiger partial charge is 0.326 e. The molecule has 0 aliphatic heterocycles. The van der Waals surface area contributed by atoms with Gasteiger partial charge in [0, 0.05) is 6.42 Å². The van der Waals surface area contributed by atoms with Gasteiger partial charge >= 0.3 is 5.97 Å². The fourth-order valence-electron chi connectivity index (χ4n) is 1.95. The molecule has 0 aromatic heterocycles. The zero-order chi connectivity index (χ0) is 15.3. The molecule has 2 atom stereocenters. The lowest BCUT2D eigenvalue weighted by atomic mass is 9.96. The molecule has 5 heteroatoms. The average molecular weight is 281 g/mol. The monoisotopic (exact) mass is 281 g/mol. The number of halogens is 1. The number of carbonyl (C=O) groups excluding carboxylic acids is 1. The number of hydrogen-bond acceptors (Lipinski definition) is 2. The summed E-state index contributed by atoms with van der Waals surface area (Å²) in [4.78, 5) is 22.9. The first-order valence-electron chi connectivity index (χ1n) is 6.59. The number of carboxylic acid groups (broad SMARTS) is 1.